The molecule has 1 aliphatic heterocycles. The summed E-state index contributed by atoms with van der Waals surface area (Å²) in [7, 11) is 4.76. The number of piperidine rings is 1. The molecule has 2 aliphatic rings. The van der Waals surface area contributed by atoms with E-state index in [4.69, 9.17) is 26.1 Å². The third-order valence-corrected chi connectivity index (χ3v) is 10.9. The van der Waals surface area contributed by atoms with Crippen LogP contribution in [0.15, 0.2) is 64.3 Å². The quantitative estimate of drug-likeness (QED) is 0.184. The van der Waals surface area contributed by atoms with Crippen molar-refractivity contribution in [2.75, 3.05) is 32.1 Å². The van der Waals surface area contributed by atoms with Crippen molar-refractivity contribution in [3.05, 3.63) is 97.3 Å². The van der Waals surface area contributed by atoms with E-state index in [1.54, 1.807) is 26.4 Å². The van der Waals surface area contributed by atoms with Crippen LogP contribution in [0.2, 0.25) is 5.02 Å². The molecule has 11 nitrogen and oxygen atoms in total. The fourth-order valence-corrected chi connectivity index (χ4v) is 8.02. The van der Waals surface area contributed by atoms with E-state index in [1.165, 1.54) is 17.2 Å². The number of ether oxygens (including phenoxy) is 2. The van der Waals surface area contributed by atoms with Crippen LogP contribution in [0.3, 0.4) is 0 Å². The van der Waals surface area contributed by atoms with Gasteiger partial charge in [-0.25, -0.2) is 14.8 Å². The zero-order valence-electron chi connectivity index (χ0n) is 29.5. The average Bonchev–Trinajstić information content (AvgIpc) is 3.58. The van der Waals surface area contributed by atoms with Crippen molar-refractivity contribution in [1.29, 1.82) is 0 Å². The first-order chi connectivity index (χ1) is 24.6. The number of rotatable bonds is 8. The summed E-state index contributed by atoms with van der Waals surface area (Å²) in [5.41, 5.74) is 6.93. The van der Waals surface area contributed by atoms with Crippen molar-refractivity contribution in [2.24, 2.45) is 20.0 Å². The number of fused-ring (bicyclic) bond motifs is 2. The first-order valence-corrected chi connectivity index (χ1v) is 17.7. The zero-order chi connectivity index (χ0) is 36.0. The van der Waals surface area contributed by atoms with E-state index in [1.807, 2.05) is 50.2 Å². The molecule has 4 heterocycles. The van der Waals surface area contributed by atoms with Gasteiger partial charge in [0.25, 0.3) is 5.56 Å². The van der Waals surface area contributed by atoms with Gasteiger partial charge in [-0.05, 0) is 87.5 Å². The minimum Gasteiger partial charge on any atom is -0.481 e. The molecule has 1 atom stereocenters. The number of hydrogen-bond donors (Lipinski definition) is 1. The molecular formula is C39H41ClN6O5. The lowest BCUT2D eigenvalue weighted by Gasteiger charge is -2.35. The molecule has 1 fully saturated rings. The Morgan fingerprint density at radius 2 is 1.73 bits per heavy atom. The Morgan fingerprint density at radius 3 is 2.47 bits per heavy atom. The van der Waals surface area contributed by atoms with E-state index < -0.39 is 11.2 Å². The summed E-state index contributed by atoms with van der Waals surface area (Å²) >= 11 is 7.23. The first kappa shape index (κ1) is 34.4. The van der Waals surface area contributed by atoms with E-state index in [-0.39, 0.29) is 17.9 Å². The Hall–Kier alpha value is -5.00. The molecule has 3 aromatic heterocycles. The maximum absolute atomic E-state index is 13.2. The van der Waals surface area contributed by atoms with Gasteiger partial charge in [0.15, 0.2) is 0 Å². The second kappa shape index (κ2) is 14.0. The van der Waals surface area contributed by atoms with Gasteiger partial charge in [0.2, 0.25) is 5.88 Å². The lowest BCUT2D eigenvalue weighted by molar-refractivity contribution is -0.149. The standard InChI is InChI=1S/C39H41ClN6O5/c1-6-51-38(48)23-16-19-46(20-17-23)31-14-13-24-21-29(43-36(50-5)32(24)31)27-11-7-10-26(34(27)40)25-9-8-12-28(22(25)2)42-35-33-30(15-18-41-35)44(3)39(49)45(4)37(33)47/h7-12,15,18,21,23,31H,6,13-14,16-17,19-20H2,1-5H3,(H,41,42). The number of nitrogens with one attached hydrogen (secondary N) is 1. The molecule has 51 heavy (non-hydrogen) atoms. The molecular weight excluding hydrogens is 668 g/mol. The van der Waals surface area contributed by atoms with E-state index in [2.05, 4.69) is 21.3 Å². The van der Waals surface area contributed by atoms with Gasteiger partial charge in [-0.2, -0.15) is 0 Å². The van der Waals surface area contributed by atoms with E-state index in [0.717, 1.165) is 82.5 Å². The Morgan fingerprint density at radius 1 is 1.00 bits per heavy atom. The van der Waals surface area contributed by atoms with Gasteiger partial charge in [0.1, 0.15) is 11.2 Å². The third-order valence-electron chi connectivity index (χ3n) is 10.4. The minimum absolute atomic E-state index is 0.0421. The van der Waals surface area contributed by atoms with Gasteiger partial charge in [-0.3, -0.25) is 23.6 Å². The number of methoxy groups -OCH3 is 1. The van der Waals surface area contributed by atoms with Crippen LogP contribution in [0.4, 0.5) is 11.5 Å². The number of carbonyl (C=O) groups is 1. The van der Waals surface area contributed by atoms with Crippen LogP contribution in [-0.4, -0.2) is 56.8 Å². The Balaban J connectivity index is 1.20. The van der Waals surface area contributed by atoms with E-state index in [0.29, 0.717) is 34.2 Å². The van der Waals surface area contributed by atoms with Gasteiger partial charge in [-0.1, -0.05) is 41.9 Å². The molecule has 1 unspecified atom stereocenters. The number of esters is 1. The number of aromatic nitrogens is 4. The van der Waals surface area contributed by atoms with Gasteiger partial charge in [-0.15, -0.1) is 0 Å². The van der Waals surface area contributed by atoms with Crippen LogP contribution < -0.4 is 21.3 Å². The molecule has 0 amide bonds. The van der Waals surface area contributed by atoms with Crippen LogP contribution in [0.1, 0.15) is 48.9 Å². The normalized spacial score (nSPS) is 16.3. The maximum Gasteiger partial charge on any atom is 0.330 e. The molecule has 0 spiro atoms. The largest absolute Gasteiger partial charge is 0.481 e. The zero-order valence-corrected chi connectivity index (χ0v) is 30.2. The molecule has 12 heteroatoms. The Bertz CT molecular complexity index is 2290. The summed E-state index contributed by atoms with van der Waals surface area (Å²) in [4.78, 5) is 50.0. The fourth-order valence-electron chi connectivity index (χ4n) is 7.70. The average molecular weight is 709 g/mol. The molecule has 1 aliphatic carbocycles. The number of pyridine rings is 2. The van der Waals surface area contributed by atoms with Crippen LogP contribution >= 0.6 is 11.6 Å². The van der Waals surface area contributed by atoms with Gasteiger partial charge >= 0.3 is 11.7 Å². The van der Waals surface area contributed by atoms with Crippen LogP contribution in [0.25, 0.3) is 33.3 Å². The molecule has 2 aromatic carbocycles. The highest BCUT2D eigenvalue weighted by Crippen LogP contribution is 2.45. The summed E-state index contributed by atoms with van der Waals surface area (Å²) in [6.07, 6.45) is 5.01. The molecule has 0 saturated carbocycles. The van der Waals surface area contributed by atoms with Crippen molar-refractivity contribution >= 4 is 40.0 Å². The number of aryl methyl sites for hydroxylation is 2. The van der Waals surface area contributed by atoms with Gasteiger partial charge < -0.3 is 14.8 Å². The second-order valence-corrected chi connectivity index (χ2v) is 13.6. The lowest BCUT2D eigenvalue weighted by atomic mass is 9.94. The Kier molecular flexibility index (Phi) is 9.43. The summed E-state index contributed by atoms with van der Waals surface area (Å²) < 4.78 is 13.7. The fraction of sp³-hybridized carbons (Fsp3) is 0.359. The highest BCUT2D eigenvalue weighted by atomic mass is 35.5. The van der Waals surface area contributed by atoms with Crippen LogP contribution in [-0.2, 0) is 30.0 Å². The SMILES string of the molecule is CCOC(=O)C1CCN(C2CCc3cc(-c4cccc(-c5cccc(Nc6nccc7c6c(=O)n(C)c(=O)n7C)c5C)c4Cl)nc(OC)c32)CC1. The predicted molar refractivity (Wildman–Crippen MR) is 199 cm³/mol. The number of benzene rings is 2. The summed E-state index contributed by atoms with van der Waals surface area (Å²) in [6, 6.07) is 15.8. The Labute approximate surface area is 300 Å². The topological polar surface area (TPSA) is 121 Å². The molecule has 0 radical (unpaired) electrons. The molecule has 264 valence electrons. The van der Waals surface area contributed by atoms with Crippen molar-refractivity contribution in [3.63, 3.8) is 0 Å². The van der Waals surface area contributed by atoms with Crippen LogP contribution in [0, 0.1) is 12.8 Å². The maximum atomic E-state index is 13.2. The van der Waals surface area contributed by atoms with Crippen LogP contribution in [0.5, 0.6) is 5.88 Å². The summed E-state index contributed by atoms with van der Waals surface area (Å²) in [6.45, 7) is 5.90. The number of carbonyl (C=O) groups excluding carboxylic acids is 1. The predicted octanol–water partition coefficient (Wildman–Crippen LogP) is 6.34. The van der Waals surface area contributed by atoms with Crippen molar-refractivity contribution < 1.29 is 14.3 Å². The minimum atomic E-state index is -0.421. The highest BCUT2D eigenvalue weighted by molar-refractivity contribution is 6.36. The van der Waals surface area contributed by atoms with Crippen molar-refractivity contribution in [2.45, 2.75) is 45.6 Å². The van der Waals surface area contributed by atoms with Crippen molar-refractivity contribution in [1.82, 2.24) is 24.0 Å². The smallest absolute Gasteiger partial charge is 0.330 e. The molecule has 1 N–H and O–H groups in total. The number of likely N-dealkylation sites (tertiary alicyclic amines) is 1. The number of anilines is 2. The van der Waals surface area contributed by atoms with Gasteiger partial charge in [0, 0.05) is 48.7 Å². The second-order valence-electron chi connectivity index (χ2n) is 13.2. The molecule has 7 rings (SSSR count). The molecule has 5 aromatic rings. The number of halogens is 1. The first-order valence-electron chi connectivity index (χ1n) is 17.3. The summed E-state index contributed by atoms with van der Waals surface area (Å²) in [5.74, 6) is 0.833. The number of nitrogens with zero attached hydrogens (tertiary/aromatic N) is 5. The highest BCUT2D eigenvalue weighted by Gasteiger charge is 2.36. The molecule has 1 saturated heterocycles. The molecule has 0 bridgehead atoms. The summed E-state index contributed by atoms with van der Waals surface area (Å²) in [5, 5.41) is 4.25. The third kappa shape index (κ3) is 6.08. The van der Waals surface area contributed by atoms with Crippen molar-refractivity contribution in [3.8, 4) is 28.3 Å². The van der Waals surface area contributed by atoms with Gasteiger partial charge in [0.05, 0.1) is 35.9 Å². The van der Waals surface area contributed by atoms with E-state index in [9.17, 15) is 14.4 Å². The van der Waals surface area contributed by atoms with E-state index >= 15 is 0 Å². The number of hydrogen-bond acceptors (Lipinski definition) is 9. The monoisotopic (exact) mass is 708 g/mol. The lowest BCUT2D eigenvalue weighted by Crippen LogP contribution is -2.38.